The fourth-order valence-electron chi connectivity index (χ4n) is 1.38. The van der Waals surface area contributed by atoms with Crippen molar-refractivity contribution in [2.24, 2.45) is 0 Å². The van der Waals surface area contributed by atoms with Crippen molar-refractivity contribution in [1.82, 2.24) is 4.90 Å². The smallest absolute Gasteiger partial charge is 0.303 e. The summed E-state index contributed by atoms with van der Waals surface area (Å²) < 4.78 is 0. The predicted molar refractivity (Wildman–Crippen MR) is 64.0 cm³/mol. The first kappa shape index (κ1) is 15.2. The maximum absolute atomic E-state index is 10.3. The summed E-state index contributed by atoms with van der Waals surface area (Å²) in [6, 6.07) is 0. The molecule has 0 bridgehead atoms. The van der Waals surface area contributed by atoms with Gasteiger partial charge in [0.15, 0.2) is 0 Å². The van der Waals surface area contributed by atoms with E-state index in [-0.39, 0.29) is 12.8 Å². The molecule has 16 heavy (non-hydrogen) atoms. The van der Waals surface area contributed by atoms with E-state index in [0.717, 1.165) is 6.54 Å². The molecule has 0 aliphatic carbocycles. The van der Waals surface area contributed by atoms with Crippen molar-refractivity contribution in [3.63, 3.8) is 0 Å². The Morgan fingerprint density at radius 3 is 1.69 bits per heavy atom. The third kappa shape index (κ3) is 9.79. The minimum atomic E-state index is -0.795. The van der Waals surface area contributed by atoms with Crippen molar-refractivity contribution >= 4 is 24.6 Å². The second kappa shape index (κ2) is 9.47. The molecule has 2 N–H and O–H groups in total. The molecule has 0 aromatic rings. The Bertz CT molecular complexity index is 203. The molecular weight excluding hydrogens is 230 g/mol. The number of rotatable bonds is 10. The maximum Gasteiger partial charge on any atom is 0.303 e. The molecular formula is C10H19NO4S. The topological polar surface area (TPSA) is 77.8 Å². The van der Waals surface area contributed by atoms with Gasteiger partial charge in [-0.2, -0.15) is 12.6 Å². The number of aliphatic carboxylic acids is 2. The highest BCUT2D eigenvalue weighted by Crippen LogP contribution is 2.00. The van der Waals surface area contributed by atoms with Crippen molar-refractivity contribution in [2.45, 2.75) is 25.7 Å². The van der Waals surface area contributed by atoms with E-state index < -0.39 is 11.9 Å². The normalized spacial score (nSPS) is 10.6. The predicted octanol–water partition coefficient (Wildman–Crippen LogP) is 0.948. The van der Waals surface area contributed by atoms with Crippen molar-refractivity contribution < 1.29 is 19.8 Å². The summed E-state index contributed by atoms with van der Waals surface area (Å²) in [6.07, 6.45) is 1.50. The zero-order chi connectivity index (χ0) is 12.4. The van der Waals surface area contributed by atoms with Crippen LogP contribution in [0.1, 0.15) is 25.7 Å². The highest BCUT2D eigenvalue weighted by Gasteiger charge is 2.06. The summed E-state index contributed by atoms with van der Waals surface area (Å²) in [7, 11) is 0. The largest absolute Gasteiger partial charge is 0.481 e. The first-order valence-electron chi connectivity index (χ1n) is 5.33. The van der Waals surface area contributed by atoms with E-state index in [4.69, 9.17) is 10.2 Å². The minimum Gasteiger partial charge on any atom is -0.481 e. The average molecular weight is 249 g/mol. The number of carboxylic acids is 2. The van der Waals surface area contributed by atoms with E-state index in [1.807, 2.05) is 0 Å². The lowest BCUT2D eigenvalue weighted by Crippen LogP contribution is -2.28. The van der Waals surface area contributed by atoms with Crippen LogP contribution in [0.3, 0.4) is 0 Å². The molecule has 6 heteroatoms. The van der Waals surface area contributed by atoms with E-state index in [1.54, 1.807) is 0 Å². The minimum absolute atomic E-state index is 0.155. The molecule has 0 heterocycles. The molecule has 0 saturated carbocycles. The lowest BCUT2D eigenvalue weighted by molar-refractivity contribution is -0.138. The van der Waals surface area contributed by atoms with Gasteiger partial charge in [-0.05, 0) is 25.9 Å². The third-order valence-electron chi connectivity index (χ3n) is 2.15. The van der Waals surface area contributed by atoms with Crippen LogP contribution in [0.5, 0.6) is 0 Å². The Kier molecular flexibility index (Phi) is 9.03. The number of carbonyl (C=O) groups is 2. The highest BCUT2D eigenvalue weighted by atomic mass is 32.1. The van der Waals surface area contributed by atoms with Crippen LogP contribution in [0.4, 0.5) is 0 Å². The summed E-state index contributed by atoms with van der Waals surface area (Å²) in [4.78, 5) is 22.7. The molecule has 0 amide bonds. The molecule has 0 fully saturated rings. The van der Waals surface area contributed by atoms with Gasteiger partial charge in [0.05, 0.1) is 0 Å². The summed E-state index contributed by atoms with van der Waals surface area (Å²) in [6.45, 7) is 2.14. The van der Waals surface area contributed by atoms with Gasteiger partial charge in [-0.3, -0.25) is 9.59 Å². The van der Waals surface area contributed by atoms with Gasteiger partial charge >= 0.3 is 11.9 Å². The fraction of sp³-hybridized carbons (Fsp3) is 0.800. The van der Waals surface area contributed by atoms with Gasteiger partial charge in [-0.1, -0.05) is 0 Å². The van der Waals surface area contributed by atoms with E-state index in [2.05, 4.69) is 17.5 Å². The molecule has 0 spiro atoms. The van der Waals surface area contributed by atoms with E-state index in [0.29, 0.717) is 31.7 Å². The van der Waals surface area contributed by atoms with E-state index >= 15 is 0 Å². The summed E-state index contributed by atoms with van der Waals surface area (Å²) in [5.41, 5.74) is 0. The van der Waals surface area contributed by atoms with Gasteiger partial charge in [0.25, 0.3) is 0 Å². The van der Waals surface area contributed by atoms with Crippen LogP contribution in [0, 0.1) is 0 Å². The van der Waals surface area contributed by atoms with Gasteiger partial charge in [0, 0.05) is 25.1 Å². The Morgan fingerprint density at radius 2 is 1.38 bits per heavy atom. The third-order valence-corrected chi connectivity index (χ3v) is 2.35. The molecule has 0 aromatic heterocycles. The fourth-order valence-corrected chi connectivity index (χ4v) is 1.67. The Labute approximate surface area is 101 Å². The SMILES string of the molecule is O=C(O)CCCN(CCS)CCCC(=O)O. The summed E-state index contributed by atoms with van der Waals surface area (Å²) >= 11 is 4.11. The van der Waals surface area contributed by atoms with Crippen LogP contribution >= 0.6 is 12.6 Å². The molecule has 94 valence electrons. The van der Waals surface area contributed by atoms with Gasteiger partial charge in [0.1, 0.15) is 0 Å². The van der Waals surface area contributed by atoms with Crippen LogP contribution in [0.15, 0.2) is 0 Å². The highest BCUT2D eigenvalue weighted by molar-refractivity contribution is 7.80. The van der Waals surface area contributed by atoms with Crippen molar-refractivity contribution in [2.75, 3.05) is 25.4 Å². The number of nitrogens with zero attached hydrogens (tertiary/aromatic N) is 1. The van der Waals surface area contributed by atoms with Gasteiger partial charge in [-0.25, -0.2) is 0 Å². The molecule has 0 unspecified atom stereocenters. The lowest BCUT2D eigenvalue weighted by atomic mass is 10.2. The molecule has 0 radical (unpaired) electrons. The molecule has 0 aromatic carbocycles. The van der Waals surface area contributed by atoms with Gasteiger partial charge in [0.2, 0.25) is 0 Å². The molecule has 0 atom stereocenters. The van der Waals surface area contributed by atoms with Crippen LogP contribution in [0.2, 0.25) is 0 Å². The number of hydrogen-bond donors (Lipinski definition) is 3. The Hall–Kier alpha value is -0.750. The number of thiol groups is 1. The van der Waals surface area contributed by atoms with Gasteiger partial charge < -0.3 is 15.1 Å². The standard InChI is InChI=1S/C10H19NO4S/c12-9(13)3-1-5-11(7-8-16)6-2-4-10(14)15/h16H,1-8H2,(H,12,13)(H,14,15). The second-order valence-corrected chi connectivity index (χ2v) is 4.01. The molecule has 0 aliphatic rings. The Balaban J connectivity index is 3.69. The average Bonchev–Trinajstić information content (AvgIpc) is 2.16. The van der Waals surface area contributed by atoms with E-state index in [9.17, 15) is 9.59 Å². The Morgan fingerprint density at radius 1 is 0.938 bits per heavy atom. The second-order valence-electron chi connectivity index (χ2n) is 3.56. The van der Waals surface area contributed by atoms with Crippen molar-refractivity contribution in [3.8, 4) is 0 Å². The zero-order valence-corrected chi connectivity index (χ0v) is 10.2. The molecule has 0 saturated heterocycles. The first-order valence-corrected chi connectivity index (χ1v) is 5.96. The van der Waals surface area contributed by atoms with Crippen LogP contribution in [-0.4, -0.2) is 52.4 Å². The van der Waals surface area contributed by atoms with Gasteiger partial charge in [-0.15, -0.1) is 0 Å². The van der Waals surface area contributed by atoms with E-state index in [1.165, 1.54) is 0 Å². The summed E-state index contributed by atoms with van der Waals surface area (Å²) in [5, 5.41) is 17.0. The van der Waals surface area contributed by atoms with Crippen molar-refractivity contribution in [3.05, 3.63) is 0 Å². The van der Waals surface area contributed by atoms with Crippen molar-refractivity contribution in [1.29, 1.82) is 0 Å². The first-order chi connectivity index (χ1) is 7.56. The molecule has 5 nitrogen and oxygen atoms in total. The van der Waals surface area contributed by atoms with Crippen LogP contribution in [-0.2, 0) is 9.59 Å². The van der Waals surface area contributed by atoms with Crippen LogP contribution < -0.4 is 0 Å². The molecule has 0 aliphatic heterocycles. The maximum atomic E-state index is 10.3. The number of carboxylic acid groups (broad SMARTS) is 2. The monoisotopic (exact) mass is 249 g/mol. The summed E-state index contributed by atoms with van der Waals surface area (Å²) in [5.74, 6) is -0.895. The van der Waals surface area contributed by atoms with Crippen LogP contribution in [0.25, 0.3) is 0 Å². The zero-order valence-electron chi connectivity index (χ0n) is 9.26. The molecule has 0 rings (SSSR count). The number of hydrogen-bond acceptors (Lipinski definition) is 4. The lowest BCUT2D eigenvalue weighted by Gasteiger charge is -2.20. The quantitative estimate of drug-likeness (QED) is 0.502.